The molecule has 0 unspecified atom stereocenters. The molecule has 0 heteroatoms. The molecule has 0 atom stereocenters. The van der Waals surface area contributed by atoms with Crippen LogP contribution in [0.15, 0.2) is 12.2 Å². The van der Waals surface area contributed by atoms with Crippen LogP contribution in [-0.4, -0.2) is 0 Å². The molecule has 0 fully saturated rings. The highest BCUT2D eigenvalue weighted by Crippen LogP contribution is 2.14. The second-order valence-electron chi connectivity index (χ2n) is 2.73. The van der Waals surface area contributed by atoms with Gasteiger partial charge < -0.3 is 0 Å². The molecule has 0 aromatic heterocycles. The van der Waals surface area contributed by atoms with Gasteiger partial charge >= 0.3 is 0 Å². The third-order valence-electron chi connectivity index (χ3n) is 2.06. The lowest BCUT2D eigenvalue weighted by molar-refractivity contribution is 0.460. The smallest absolute Gasteiger partial charge is 0.0316 e. The molecule has 0 saturated heterocycles. The van der Waals surface area contributed by atoms with Gasteiger partial charge in [-0.05, 0) is 25.7 Å². The predicted molar refractivity (Wildman–Crippen MR) is 47.8 cm³/mol. The molecule has 0 aliphatic heterocycles. The maximum Gasteiger partial charge on any atom is -0.0316 e. The average Bonchev–Trinajstić information content (AvgIpc) is 1.99. The Labute approximate surface area is 65.3 Å². The molecular formula is C10H19. The van der Waals surface area contributed by atoms with Crippen LogP contribution in [0.25, 0.3) is 0 Å². The van der Waals surface area contributed by atoms with Crippen LogP contribution in [-0.2, 0) is 0 Å². The quantitative estimate of drug-likeness (QED) is 0.546. The topological polar surface area (TPSA) is 0 Å². The van der Waals surface area contributed by atoms with Gasteiger partial charge in [-0.25, -0.2) is 0 Å². The van der Waals surface area contributed by atoms with Gasteiger partial charge in [0.15, 0.2) is 0 Å². The summed E-state index contributed by atoms with van der Waals surface area (Å²) in [5, 5.41) is 0. The van der Waals surface area contributed by atoms with Crippen molar-refractivity contribution in [1.29, 1.82) is 0 Å². The largest absolute Gasteiger partial charge is 0.0885 e. The van der Waals surface area contributed by atoms with E-state index in [2.05, 4.69) is 26.8 Å². The molecule has 10 heavy (non-hydrogen) atoms. The van der Waals surface area contributed by atoms with Crippen LogP contribution in [0, 0.1) is 12.8 Å². The minimum absolute atomic E-state index is 0.927. The van der Waals surface area contributed by atoms with Crippen LogP contribution in [0.5, 0.6) is 0 Å². The van der Waals surface area contributed by atoms with E-state index in [0.29, 0.717) is 0 Å². The fraction of sp³-hybridized carbons (Fsp3) is 0.700. The Kier molecular flexibility index (Phi) is 6.68. The minimum atomic E-state index is 0.927. The van der Waals surface area contributed by atoms with Crippen molar-refractivity contribution in [3.63, 3.8) is 0 Å². The summed E-state index contributed by atoms with van der Waals surface area (Å²) in [6.45, 7) is 8.19. The highest BCUT2D eigenvalue weighted by molar-refractivity contribution is 4.83. The Hall–Kier alpha value is -0.260. The molecule has 0 spiro atoms. The average molecular weight is 139 g/mol. The summed E-state index contributed by atoms with van der Waals surface area (Å²) in [5.74, 6) is 0.927. The summed E-state index contributed by atoms with van der Waals surface area (Å²) in [6.07, 6.45) is 9.22. The first kappa shape index (κ1) is 9.74. The fourth-order valence-electron chi connectivity index (χ4n) is 1.15. The van der Waals surface area contributed by atoms with E-state index in [4.69, 9.17) is 0 Å². The summed E-state index contributed by atoms with van der Waals surface area (Å²) in [7, 11) is 0. The van der Waals surface area contributed by atoms with Gasteiger partial charge in [0.1, 0.15) is 0 Å². The third kappa shape index (κ3) is 4.60. The standard InChI is InChI=1S/C10H19/c1-4-7-8-9-10(5-2)6-3/h4,7,10H,1,5-6,8-9H2,2-3H3. The van der Waals surface area contributed by atoms with E-state index in [1.165, 1.54) is 25.7 Å². The van der Waals surface area contributed by atoms with Gasteiger partial charge in [0, 0.05) is 0 Å². The normalized spacial score (nSPS) is 11.6. The molecule has 0 amide bonds. The lowest BCUT2D eigenvalue weighted by atomic mass is 9.98. The SMILES string of the molecule is [CH2]C=CCCC(CC)CC. The number of hydrogen-bond donors (Lipinski definition) is 0. The van der Waals surface area contributed by atoms with Crippen LogP contribution in [0.2, 0.25) is 0 Å². The van der Waals surface area contributed by atoms with Gasteiger partial charge in [-0.3, -0.25) is 0 Å². The van der Waals surface area contributed by atoms with Gasteiger partial charge in [0.05, 0.1) is 0 Å². The summed E-state index contributed by atoms with van der Waals surface area (Å²) < 4.78 is 0. The summed E-state index contributed by atoms with van der Waals surface area (Å²) in [6, 6.07) is 0. The molecule has 0 N–H and O–H groups in total. The molecule has 0 aliphatic carbocycles. The molecule has 0 heterocycles. The van der Waals surface area contributed by atoms with Crippen LogP contribution < -0.4 is 0 Å². The molecule has 0 nitrogen and oxygen atoms in total. The molecule has 0 rings (SSSR count). The van der Waals surface area contributed by atoms with Crippen molar-refractivity contribution in [2.75, 3.05) is 0 Å². The van der Waals surface area contributed by atoms with E-state index in [-0.39, 0.29) is 0 Å². The van der Waals surface area contributed by atoms with Gasteiger partial charge in [0.2, 0.25) is 0 Å². The zero-order valence-corrected chi connectivity index (χ0v) is 7.27. The first-order valence-corrected chi connectivity index (χ1v) is 4.29. The summed E-state index contributed by atoms with van der Waals surface area (Å²) in [5.41, 5.74) is 0. The van der Waals surface area contributed by atoms with Crippen molar-refractivity contribution in [3.05, 3.63) is 19.1 Å². The zero-order valence-electron chi connectivity index (χ0n) is 7.27. The lowest BCUT2D eigenvalue weighted by Gasteiger charge is -2.08. The first-order chi connectivity index (χ1) is 4.85. The highest BCUT2D eigenvalue weighted by atomic mass is 14.1. The summed E-state index contributed by atoms with van der Waals surface area (Å²) >= 11 is 0. The second-order valence-corrected chi connectivity index (χ2v) is 2.73. The lowest BCUT2D eigenvalue weighted by Crippen LogP contribution is -1.94. The van der Waals surface area contributed by atoms with Crippen molar-refractivity contribution in [1.82, 2.24) is 0 Å². The molecule has 0 aromatic rings. The van der Waals surface area contributed by atoms with E-state index in [0.717, 1.165) is 5.92 Å². The van der Waals surface area contributed by atoms with E-state index < -0.39 is 0 Å². The molecule has 59 valence electrons. The van der Waals surface area contributed by atoms with Crippen LogP contribution in [0.1, 0.15) is 39.5 Å². The van der Waals surface area contributed by atoms with Crippen LogP contribution in [0.3, 0.4) is 0 Å². The van der Waals surface area contributed by atoms with Gasteiger partial charge in [0.25, 0.3) is 0 Å². The number of rotatable bonds is 5. The Morgan fingerprint density at radius 2 is 1.90 bits per heavy atom. The minimum Gasteiger partial charge on any atom is -0.0885 e. The summed E-state index contributed by atoms with van der Waals surface area (Å²) in [4.78, 5) is 0. The van der Waals surface area contributed by atoms with Crippen molar-refractivity contribution >= 4 is 0 Å². The molecule has 0 bridgehead atoms. The van der Waals surface area contributed by atoms with E-state index in [9.17, 15) is 0 Å². The predicted octanol–water partition coefficient (Wildman–Crippen LogP) is 3.59. The van der Waals surface area contributed by atoms with Crippen molar-refractivity contribution in [3.8, 4) is 0 Å². The van der Waals surface area contributed by atoms with Crippen molar-refractivity contribution in [2.45, 2.75) is 39.5 Å². The van der Waals surface area contributed by atoms with Gasteiger partial charge in [-0.2, -0.15) is 0 Å². The third-order valence-corrected chi connectivity index (χ3v) is 2.06. The first-order valence-electron chi connectivity index (χ1n) is 4.29. The van der Waals surface area contributed by atoms with E-state index in [1.54, 1.807) is 0 Å². The molecule has 0 aromatic carbocycles. The molecular weight excluding hydrogens is 120 g/mol. The second kappa shape index (κ2) is 6.85. The maximum absolute atomic E-state index is 3.65. The van der Waals surface area contributed by atoms with Gasteiger partial charge in [-0.15, -0.1) is 0 Å². The highest BCUT2D eigenvalue weighted by Gasteiger charge is 1.99. The zero-order chi connectivity index (χ0) is 7.82. The Bertz CT molecular complexity index is 78.0. The fourth-order valence-corrected chi connectivity index (χ4v) is 1.15. The molecule has 1 radical (unpaired) electrons. The Morgan fingerprint density at radius 1 is 1.30 bits per heavy atom. The number of allylic oxidation sites excluding steroid dienone is 2. The number of hydrogen-bond acceptors (Lipinski definition) is 0. The van der Waals surface area contributed by atoms with Crippen LogP contribution >= 0.6 is 0 Å². The Morgan fingerprint density at radius 3 is 2.30 bits per heavy atom. The van der Waals surface area contributed by atoms with E-state index in [1.807, 2.05) is 6.08 Å². The van der Waals surface area contributed by atoms with E-state index >= 15 is 0 Å². The van der Waals surface area contributed by atoms with Crippen molar-refractivity contribution in [2.24, 2.45) is 5.92 Å². The molecule has 0 aliphatic rings. The monoisotopic (exact) mass is 139 g/mol. The van der Waals surface area contributed by atoms with Crippen LogP contribution in [0.4, 0.5) is 0 Å². The van der Waals surface area contributed by atoms with Crippen molar-refractivity contribution < 1.29 is 0 Å². The Balaban J connectivity index is 3.25. The molecule has 0 saturated carbocycles. The van der Waals surface area contributed by atoms with Gasteiger partial charge in [-0.1, -0.05) is 38.8 Å². The maximum atomic E-state index is 3.65.